The zero-order valence-corrected chi connectivity index (χ0v) is 7.55. The van der Waals surface area contributed by atoms with Gasteiger partial charge in [-0.1, -0.05) is 12.1 Å². The molecule has 0 atom stereocenters. The molecule has 0 saturated heterocycles. The van der Waals surface area contributed by atoms with E-state index in [0.717, 1.165) is 30.5 Å². The van der Waals surface area contributed by atoms with Crippen molar-refractivity contribution < 1.29 is 4.79 Å². The monoisotopic (exact) mass is 175 g/mol. The fraction of sp³-hybridized carbons (Fsp3) is 0.364. The van der Waals surface area contributed by atoms with Crippen LogP contribution in [0.4, 0.5) is 5.69 Å². The van der Waals surface area contributed by atoms with Crippen molar-refractivity contribution in [3.63, 3.8) is 0 Å². The minimum absolute atomic E-state index is 0.758. The molecule has 0 spiro atoms. The Balaban J connectivity index is 2.37. The zero-order chi connectivity index (χ0) is 9.10. The molecule has 2 rings (SSSR count). The van der Waals surface area contributed by atoms with E-state index in [-0.39, 0.29) is 0 Å². The highest BCUT2D eigenvalue weighted by molar-refractivity contribution is 5.77. The summed E-state index contributed by atoms with van der Waals surface area (Å²) in [6.07, 6.45) is 4.47. The van der Waals surface area contributed by atoms with Gasteiger partial charge in [0, 0.05) is 17.8 Å². The Morgan fingerprint density at radius 3 is 3.08 bits per heavy atom. The van der Waals surface area contributed by atoms with Crippen LogP contribution in [0.1, 0.15) is 28.8 Å². The van der Waals surface area contributed by atoms with Gasteiger partial charge in [0.1, 0.15) is 6.29 Å². The minimum atomic E-state index is 0.758. The number of aldehydes is 1. The number of hydrogen-bond donors (Lipinski definition) is 1. The van der Waals surface area contributed by atoms with E-state index in [1.807, 2.05) is 12.1 Å². The van der Waals surface area contributed by atoms with E-state index in [4.69, 9.17) is 0 Å². The first kappa shape index (κ1) is 8.30. The lowest BCUT2D eigenvalue weighted by molar-refractivity contribution is 0.112. The highest BCUT2D eigenvalue weighted by Crippen LogP contribution is 2.21. The second-order valence-electron chi connectivity index (χ2n) is 3.42. The molecule has 0 saturated carbocycles. The van der Waals surface area contributed by atoms with Crippen LogP contribution in [0.2, 0.25) is 0 Å². The number of nitrogens with one attached hydrogen (secondary N) is 1. The van der Waals surface area contributed by atoms with Crippen LogP contribution in [-0.4, -0.2) is 12.8 Å². The molecule has 0 aromatic heterocycles. The third kappa shape index (κ3) is 1.72. The summed E-state index contributed by atoms with van der Waals surface area (Å²) in [4.78, 5) is 10.6. The predicted molar refractivity (Wildman–Crippen MR) is 53.3 cm³/mol. The molecular formula is C11H13NO. The SMILES string of the molecule is O=Cc1ccc2c(c1)NCCCC2. The molecular weight excluding hydrogens is 162 g/mol. The maximum absolute atomic E-state index is 10.6. The van der Waals surface area contributed by atoms with Crippen molar-refractivity contribution >= 4 is 12.0 Å². The van der Waals surface area contributed by atoms with Crippen LogP contribution in [0.25, 0.3) is 0 Å². The molecule has 0 fully saturated rings. The van der Waals surface area contributed by atoms with Gasteiger partial charge in [0.05, 0.1) is 0 Å². The second kappa shape index (κ2) is 3.60. The molecule has 1 heterocycles. The number of fused-ring (bicyclic) bond motifs is 1. The summed E-state index contributed by atoms with van der Waals surface area (Å²) in [6.45, 7) is 1.02. The molecule has 68 valence electrons. The van der Waals surface area contributed by atoms with E-state index < -0.39 is 0 Å². The quantitative estimate of drug-likeness (QED) is 0.663. The normalized spacial score (nSPS) is 15.4. The summed E-state index contributed by atoms with van der Waals surface area (Å²) in [5.74, 6) is 0. The van der Waals surface area contributed by atoms with E-state index in [1.165, 1.54) is 18.4 Å². The van der Waals surface area contributed by atoms with Crippen LogP contribution >= 0.6 is 0 Å². The molecule has 13 heavy (non-hydrogen) atoms. The molecule has 2 nitrogen and oxygen atoms in total. The van der Waals surface area contributed by atoms with Crippen LogP contribution in [0.15, 0.2) is 18.2 Å². The fourth-order valence-corrected chi connectivity index (χ4v) is 1.71. The highest BCUT2D eigenvalue weighted by atomic mass is 16.1. The first-order chi connectivity index (χ1) is 6.40. The maximum Gasteiger partial charge on any atom is 0.150 e. The van der Waals surface area contributed by atoms with Gasteiger partial charge in [0.25, 0.3) is 0 Å². The molecule has 1 aliphatic rings. The van der Waals surface area contributed by atoms with Gasteiger partial charge in [-0.2, -0.15) is 0 Å². The Bertz CT molecular complexity index is 320. The van der Waals surface area contributed by atoms with Crippen LogP contribution in [0.3, 0.4) is 0 Å². The lowest BCUT2D eigenvalue weighted by Crippen LogP contribution is -1.99. The summed E-state index contributed by atoms with van der Waals surface area (Å²) in [5, 5.41) is 3.34. The highest BCUT2D eigenvalue weighted by Gasteiger charge is 2.06. The number of carbonyl (C=O) groups excluding carboxylic acids is 1. The Morgan fingerprint density at radius 1 is 1.31 bits per heavy atom. The average molecular weight is 175 g/mol. The van der Waals surface area contributed by atoms with Crippen LogP contribution in [0.5, 0.6) is 0 Å². The standard InChI is InChI=1S/C11H13NO/c13-8-9-4-5-10-3-1-2-6-12-11(10)7-9/h4-5,7-8,12H,1-3,6H2. The van der Waals surface area contributed by atoms with E-state index in [2.05, 4.69) is 11.4 Å². The van der Waals surface area contributed by atoms with Crippen molar-refractivity contribution in [3.05, 3.63) is 29.3 Å². The molecule has 0 radical (unpaired) electrons. The molecule has 1 aromatic rings. The minimum Gasteiger partial charge on any atom is -0.385 e. The number of aryl methyl sites for hydroxylation is 1. The van der Waals surface area contributed by atoms with Crippen LogP contribution in [0, 0.1) is 0 Å². The fourth-order valence-electron chi connectivity index (χ4n) is 1.71. The van der Waals surface area contributed by atoms with Crippen molar-refractivity contribution in [1.82, 2.24) is 0 Å². The average Bonchev–Trinajstić information content (AvgIpc) is 2.41. The molecule has 1 aliphatic heterocycles. The van der Waals surface area contributed by atoms with E-state index in [0.29, 0.717) is 0 Å². The van der Waals surface area contributed by atoms with Crippen molar-refractivity contribution in [2.75, 3.05) is 11.9 Å². The summed E-state index contributed by atoms with van der Waals surface area (Å²) in [5.41, 5.74) is 3.23. The van der Waals surface area contributed by atoms with Crippen molar-refractivity contribution in [2.24, 2.45) is 0 Å². The van der Waals surface area contributed by atoms with Gasteiger partial charge in [0.15, 0.2) is 0 Å². The predicted octanol–water partition coefficient (Wildman–Crippen LogP) is 2.25. The van der Waals surface area contributed by atoms with Crippen molar-refractivity contribution in [2.45, 2.75) is 19.3 Å². The third-order valence-electron chi connectivity index (χ3n) is 2.46. The number of carbonyl (C=O) groups is 1. The Hall–Kier alpha value is -1.31. The lowest BCUT2D eigenvalue weighted by atomic mass is 10.1. The number of hydrogen-bond acceptors (Lipinski definition) is 2. The van der Waals surface area contributed by atoms with Crippen molar-refractivity contribution in [3.8, 4) is 0 Å². The second-order valence-corrected chi connectivity index (χ2v) is 3.42. The van der Waals surface area contributed by atoms with Crippen LogP contribution in [-0.2, 0) is 6.42 Å². The van der Waals surface area contributed by atoms with Gasteiger partial charge >= 0.3 is 0 Å². The largest absolute Gasteiger partial charge is 0.385 e. The summed E-state index contributed by atoms with van der Waals surface area (Å²) < 4.78 is 0. The van der Waals surface area contributed by atoms with Gasteiger partial charge < -0.3 is 5.32 Å². The molecule has 1 aromatic carbocycles. The van der Waals surface area contributed by atoms with Crippen LogP contribution < -0.4 is 5.32 Å². The summed E-state index contributed by atoms with van der Waals surface area (Å²) in [6, 6.07) is 5.88. The van der Waals surface area contributed by atoms with E-state index in [9.17, 15) is 4.79 Å². The van der Waals surface area contributed by atoms with E-state index in [1.54, 1.807) is 0 Å². The van der Waals surface area contributed by atoms with E-state index >= 15 is 0 Å². The zero-order valence-electron chi connectivity index (χ0n) is 7.55. The maximum atomic E-state index is 10.6. The van der Waals surface area contributed by atoms with Gasteiger partial charge in [-0.15, -0.1) is 0 Å². The lowest BCUT2D eigenvalue weighted by Gasteiger charge is -2.07. The van der Waals surface area contributed by atoms with Crippen molar-refractivity contribution in [1.29, 1.82) is 0 Å². The molecule has 0 aliphatic carbocycles. The third-order valence-corrected chi connectivity index (χ3v) is 2.46. The van der Waals surface area contributed by atoms with Gasteiger partial charge in [-0.25, -0.2) is 0 Å². The Labute approximate surface area is 78.0 Å². The summed E-state index contributed by atoms with van der Waals surface area (Å²) >= 11 is 0. The number of benzene rings is 1. The molecule has 0 amide bonds. The Morgan fingerprint density at radius 2 is 2.23 bits per heavy atom. The topological polar surface area (TPSA) is 29.1 Å². The molecule has 2 heteroatoms. The van der Waals surface area contributed by atoms with Gasteiger partial charge in [-0.3, -0.25) is 4.79 Å². The Kier molecular flexibility index (Phi) is 2.30. The smallest absolute Gasteiger partial charge is 0.150 e. The summed E-state index contributed by atoms with van der Waals surface area (Å²) in [7, 11) is 0. The first-order valence-corrected chi connectivity index (χ1v) is 4.72. The number of anilines is 1. The first-order valence-electron chi connectivity index (χ1n) is 4.72. The number of rotatable bonds is 1. The molecule has 0 unspecified atom stereocenters. The van der Waals surface area contributed by atoms with Gasteiger partial charge in [0.2, 0.25) is 0 Å². The van der Waals surface area contributed by atoms with Gasteiger partial charge in [-0.05, 0) is 30.9 Å². The molecule has 1 N–H and O–H groups in total. The molecule has 0 bridgehead atoms.